The van der Waals surface area contributed by atoms with Gasteiger partial charge in [-0.25, -0.2) is 0 Å². The Morgan fingerprint density at radius 3 is 3.00 bits per heavy atom. The van der Waals surface area contributed by atoms with Gasteiger partial charge in [-0.15, -0.1) is 0 Å². The summed E-state index contributed by atoms with van der Waals surface area (Å²) in [5, 5.41) is 6.80. The van der Waals surface area contributed by atoms with E-state index >= 15 is 0 Å². The number of piperazine rings is 1. The third kappa shape index (κ3) is 3.33. The average Bonchev–Trinajstić information content (AvgIpc) is 2.29. The van der Waals surface area contributed by atoms with E-state index in [1.54, 1.807) is 0 Å². The predicted octanol–water partition coefficient (Wildman–Crippen LogP) is 0.871. The van der Waals surface area contributed by atoms with Crippen LogP contribution >= 0.6 is 12.2 Å². The monoisotopic (exact) mass is 243 g/mol. The van der Waals surface area contributed by atoms with Crippen molar-refractivity contribution in [3.63, 3.8) is 0 Å². The summed E-state index contributed by atoms with van der Waals surface area (Å²) in [6.07, 6.45) is 3.05. The number of thiocarbonyl (C=S) groups is 1. The first-order valence-corrected chi connectivity index (χ1v) is 6.43. The molecule has 1 aliphatic rings. The van der Waals surface area contributed by atoms with E-state index in [1.165, 1.54) is 0 Å². The van der Waals surface area contributed by atoms with Crippen molar-refractivity contribution in [2.75, 3.05) is 19.6 Å². The molecule has 0 saturated carbocycles. The van der Waals surface area contributed by atoms with Gasteiger partial charge in [0.25, 0.3) is 0 Å². The number of hydrogen-bond acceptors (Lipinski definition) is 2. The summed E-state index contributed by atoms with van der Waals surface area (Å²) in [6.45, 7) is 6.54. The van der Waals surface area contributed by atoms with Crippen LogP contribution in [0.3, 0.4) is 0 Å². The Bertz CT molecular complexity index is 258. The molecule has 0 aliphatic carbocycles. The normalized spacial score (nSPS) is 20.5. The van der Waals surface area contributed by atoms with Crippen molar-refractivity contribution in [2.45, 2.75) is 39.2 Å². The highest BCUT2D eigenvalue weighted by Crippen LogP contribution is 2.08. The number of unbranched alkanes of at least 4 members (excludes halogenated alkanes) is 1. The summed E-state index contributed by atoms with van der Waals surface area (Å²) in [4.78, 5) is 13.6. The second kappa shape index (κ2) is 6.68. The molecule has 4 nitrogen and oxygen atoms in total. The summed E-state index contributed by atoms with van der Waals surface area (Å²) >= 11 is 5.32. The molecule has 2 N–H and O–H groups in total. The Kier molecular flexibility index (Phi) is 5.52. The molecule has 0 radical (unpaired) electrons. The van der Waals surface area contributed by atoms with Crippen LogP contribution in [0, 0.1) is 0 Å². The Morgan fingerprint density at radius 1 is 1.62 bits per heavy atom. The topological polar surface area (TPSA) is 44.4 Å². The third-order valence-electron chi connectivity index (χ3n) is 2.78. The molecule has 0 bridgehead atoms. The van der Waals surface area contributed by atoms with E-state index in [1.807, 2.05) is 11.8 Å². The Balaban J connectivity index is 2.48. The van der Waals surface area contributed by atoms with Gasteiger partial charge in [-0.2, -0.15) is 0 Å². The molecule has 0 aromatic heterocycles. The van der Waals surface area contributed by atoms with Crippen LogP contribution < -0.4 is 10.6 Å². The van der Waals surface area contributed by atoms with E-state index in [9.17, 15) is 4.79 Å². The molecule has 1 heterocycles. The lowest BCUT2D eigenvalue weighted by Crippen LogP contribution is -2.59. The quantitative estimate of drug-likeness (QED) is 0.568. The van der Waals surface area contributed by atoms with E-state index < -0.39 is 0 Å². The molecule has 1 aliphatic heterocycles. The van der Waals surface area contributed by atoms with Crippen molar-refractivity contribution in [3.05, 3.63) is 0 Å². The Labute approximate surface area is 103 Å². The molecule has 1 atom stereocenters. The van der Waals surface area contributed by atoms with Crippen LogP contribution in [0.1, 0.15) is 33.1 Å². The largest absolute Gasteiger partial charge is 0.363 e. The zero-order chi connectivity index (χ0) is 12.0. The van der Waals surface area contributed by atoms with E-state index in [2.05, 4.69) is 17.6 Å². The van der Waals surface area contributed by atoms with Crippen molar-refractivity contribution >= 4 is 23.2 Å². The van der Waals surface area contributed by atoms with E-state index in [-0.39, 0.29) is 11.9 Å². The van der Waals surface area contributed by atoms with Gasteiger partial charge in [0.2, 0.25) is 5.91 Å². The highest BCUT2D eigenvalue weighted by Gasteiger charge is 2.29. The van der Waals surface area contributed by atoms with Crippen molar-refractivity contribution in [1.29, 1.82) is 0 Å². The van der Waals surface area contributed by atoms with E-state index in [0.29, 0.717) is 6.54 Å². The van der Waals surface area contributed by atoms with Gasteiger partial charge in [0, 0.05) is 19.6 Å². The van der Waals surface area contributed by atoms with Crippen LogP contribution in [-0.2, 0) is 4.79 Å². The number of nitrogens with one attached hydrogen (secondary N) is 2. The predicted molar refractivity (Wildman–Crippen MR) is 69.3 cm³/mol. The summed E-state index contributed by atoms with van der Waals surface area (Å²) in [7, 11) is 0. The summed E-state index contributed by atoms with van der Waals surface area (Å²) in [6, 6.07) is -0.102. The first-order chi connectivity index (χ1) is 7.70. The van der Waals surface area contributed by atoms with Crippen LogP contribution in [0.2, 0.25) is 0 Å². The molecular formula is C11H21N3OS. The maximum atomic E-state index is 11.6. The van der Waals surface area contributed by atoms with Gasteiger partial charge in [-0.05, 0) is 25.1 Å². The second-order valence-corrected chi connectivity index (χ2v) is 4.38. The summed E-state index contributed by atoms with van der Waals surface area (Å²) < 4.78 is 0. The van der Waals surface area contributed by atoms with Crippen LogP contribution in [0.4, 0.5) is 0 Å². The summed E-state index contributed by atoms with van der Waals surface area (Å²) in [5.41, 5.74) is 0. The molecule has 0 aromatic rings. The fourth-order valence-corrected chi connectivity index (χ4v) is 2.16. The van der Waals surface area contributed by atoms with Gasteiger partial charge in [0.05, 0.1) is 0 Å². The van der Waals surface area contributed by atoms with E-state index in [4.69, 9.17) is 12.2 Å². The molecule has 1 unspecified atom stereocenters. The van der Waals surface area contributed by atoms with Gasteiger partial charge >= 0.3 is 0 Å². The molecule has 1 amide bonds. The maximum absolute atomic E-state index is 11.6. The smallest absolute Gasteiger partial charge is 0.242 e. The highest BCUT2D eigenvalue weighted by atomic mass is 32.1. The highest BCUT2D eigenvalue weighted by molar-refractivity contribution is 7.80. The first-order valence-electron chi connectivity index (χ1n) is 6.02. The molecule has 92 valence electrons. The van der Waals surface area contributed by atoms with E-state index in [0.717, 1.165) is 37.5 Å². The fourth-order valence-electron chi connectivity index (χ4n) is 1.84. The minimum Gasteiger partial charge on any atom is -0.363 e. The van der Waals surface area contributed by atoms with Crippen LogP contribution in [0.5, 0.6) is 0 Å². The number of nitrogens with zero attached hydrogens (tertiary/aromatic N) is 1. The average molecular weight is 243 g/mol. The molecule has 16 heavy (non-hydrogen) atoms. The van der Waals surface area contributed by atoms with Gasteiger partial charge < -0.3 is 15.5 Å². The SMILES string of the molecule is CCCCNC(=S)N1CCNC(=O)C1CC. The maximum Gasteiger partial charge on any atom is 0.242 e. The standard InChI is InChI=1S/C11H21N3OS/c1-3-5-6-13-11(16)14-8-7-12-10(15)9(14)4-2/h9H,3-8H2,1-2H3,(H,12,15)(H,13,16). The lowest BCUT2D eigenvalue weighted by atomic mass is 10.1. The lowest BCUT2D eigenvalue weighted by Gasteiger charge is -2.36. The van der Waals surface area contributed by atoms with Crippen LogP contribution in [-0.4, -0.2) is 41.6 Å². The number of amides is 1. The number of rotatable bonds is 4. The molecule has 1 saturated heterocycles. The zero-order valence-electron chi connectivity index (χ0n) is 10.1. The fraction of sp³-hybridized carbons (Fsp3) is 0.818. The lowest BCUT2D eigenvalue weighted by molar-refractivity contribution is -0.127. The van der Waals surface area contributed by atoms with Crippen molar-refractivity contribution in [1.82, 2.24) is 15.5 Å². The summed E-state index contributed by atoms with van der Waals surface area (Å²) in [5.74, 6) is 0.0911. The molecular weight excluding hydrogens is 222 g/mol. The van der Waals surface area contributed by atoms with Gasteiger partial charge in [0.15, 0.2) is 5.11 Å². The van der Waals surface area contributed by atoms with Gasteiger partial charge in [-0.1, -0.05) is 20.3 Å². The third-order valence-corrected chi connectivity index (χ3v) is 3.16. The minimum atomic E-state index is -0.102. The Hall–Kier alpha value is -0.840. The molecule has 5 heteroatoms. The number of hydrogen-bond donors (Lipinski definition) is 2. The molecule has 1 rings (SSSR count). The number of carbonyl (C=O) groups excluding carboxylic acids is 1. The second-order valence-electron chi connectivity index (χ2n) is 3.99. The van der Waals surface area contributed by atoms with Crippen molar-refractivity contribution in [3.8, 4) is 0 Å². The Morgan fingerprint density at radius 2 is 2.38 bits per heavy atom. The number of carbonyl (C=O) groups is 1. The van der Waals surface area contributed by atoms with Crippen molar-refractivity contribution in [2.24, 2.45) is 0 Å². The van der Waals surface area contributed by atoms with Gasteiger partial charge in [0.1, 0.15) is 6.04 Å². The first kappa shape index (κ1) is 13.2. The minimum absolute atomic E-state index is 0.0911. The molecule has 1 fully saturated rings. The van der Waals surface area contributed by atoms with Gasteiger partial charge in [-0.3, -0.25) is 4.79 Å². The molecule has 0 spiro atoms. The van der Waals surface area contributed by atoms with Crippen molar-refractivity contribution < 1.29 is 4.79 Å². The molecule has 0 aromatic carbocycles. The zero-order valence-corrected chi connectivity index (χ0v) is 10.9. The van der Waals surface area contributed by atoms with Crippen LogP contribution in [0.25, 0.3) is 0 Å². The van der Waals surface area contributed by atoms with Crippen LogP contribution in [0.15, 0.2) is 0 Å².